The first-order valence-corrected chi connectivity index (χ1v) is 14.3. The van der Waals surface area contributed by atoms with Crippen LogP contribution in [0.4, 0.5) is 0 Å². The van der Waals surface area contributed by atoms with E-state index in [-0.39, 0.29) is 11.3 Å². The van der Waals surface area contributed by atoms with Crippen LogP contribution in [0, 0.1) is 0 Å². The first kappa shape index (κ1) is 20.7. The Kier molecular flexibility index (Phi) is 4.99. The van der Waals surface area contributed by atoms with Gasteiger partial charge in [0.15, 0.2) is 12.1 Å². The number of ether oxygens (including phenoxy) is 1. The van der Waals surface area contributed by atoms with E-state index in [1.165, 1.54) is 0 Å². The van der Waals surface area contributed by atoms with Crippen LogP contribution < -0.4 is 9.74 Å². The van der Waals surface area contributed by atoms with E-state index < -0.39 is 8.32 Å². The fourth-order valence-electron chi connectivity index (χ4n) is 4.10. The molecule has 2 aromatic heterocycles. The predicted octanol–water partition coefficient (Wildman–Crippen LogP) is 5.11. The number of H-pyrrole nitrogens is 1. The van der Waals surface area contributed by atoms with Crippen molar-refractivity contribution in [1.82, 2.24) is 25.1 Å². The first-order chi connectivity index (χ1) is 14.7. The Hall–Kier alpha value is -2.16. The SMILES string of the molecule is CC(C)(C)[Si](C)(C)Oc1ccc2c(c1)c(-c1nc3c([nH]1)CNC3)nn2C1CCCCO1. The lowest BCUT2D eigenvalue weighted by Crippen LogP contribution is -2.43. The molecule has 3 aromatic rings. The minimum Gasteiger partial charge on any atom is -0.543 e. The van der Waals surface area contributed by atoms with E-state index in [4.69, 9.17) is 19.2 Å². The molecule has 8 heteroatoms. The van der Waals surface area contributed by atoms with Gasteiger partial charge in [-0.1, -0.05) is 20.8 Å². The maximum atomic E-state index is 6.61. The van der Waals surface area contributed by atoms with Crippen LogP contribution in [0.15, 0.2) is 18.2 Å². The van der Waals surface area contributed by atoms with Crippen LogP contribution in [0.2, 0.25) is 18.1 Å². The zero-order valence-electron chi connectivity index (χ0n) is 19.2. The van der Waals surface area contributed by atoms with Crippen molar-refractivity contribution in [2.45, 2.75) is 77.5 Å². The Morgan fingerprint density at radius 1 is 1.19 bits per heavy atom. The van der Waals surface area contributed by atoms with Gasteiger partial charge in [0.1, 0.15) is 11.4 Å². The summed E-state index contributed by atoms with van der Waals surface area (Å²) < 4.78 is 14.7. The lowest BCUT2D eigenvalue weighted by molar-refractivity contribution is -0.0365. The van der Waals surface area contributed by atoms with Gasteiger partial charge in [-0.3, -0.25) is 0 Å². The summed E-state index contributed by atoms with van der Waals surface area (Å²) in [4.78, 5) is 8.33. The van der Waals surface area contributed by atoms with Crippen molar-refractivity contribution in [3.63, 3.8) is 0 Å². The first-order valence-electron chi connectivity index (χ1n) is 11.3. The number of fused-ring (bicyclic) bond motifs is 2. The minimum absolute atomic E-state index is 0.0272. The summed E-state index contributed by atoms with van der Waals surface area (Å²) in [6.45, 7) is 13.8. The summed E-state index contributed by atoms with van der Waals surface area (Å²) in [7, 11) is -1.94. The average Bonchev–Trinajstić information content (AvgIpc) is 3.40. The van der Waals surface area contributed by atoms with Crippen LogP contribution >= 0.6 is 0 Å². The number of aromatic amines is 1. The van der Waals surface area contributed by atoms with E-state index >= 15 is 0 Å². The Morgan fingerprint density at radius 2 is 2.03 bits per heavy atom. The standard InChI is InChI=1S/C23H33N5O2Si/c1-23(2,3)31(4,5)30-15-9-10-19-16(12-15)21(22-25-17-13-24-14-18(17)26-22)27-28(19)20-8-6-7-11-29-20/h9-10,12,20,24H,6-8,11,13-14H2,1-5H3,(H,25,26). The van der Waals surface area contributed by atoms with Gasteiger partial charge >= 0.3 is 0 Å². The molecule has 2 N–H and O–H groups in total. The highest BCUT2D eigenvalue weighted by Gasteiger charge is 2.39. The van der Waals surface area contributed by atoms with Crippen molar-refractivity contribution in [3.8, 4) is 17.3 Å². The quantitative estimate of drug-likeness (QED) is 0.552. The molecule has 31 heavy (non-hydrogen) atoms. The summed E-state index contributed by atoms with van der Waals surface area (Å²) in [5, 5.41) is 9.55. The second-order valence-electron chi connectivity index (χ2n) is 10.3. The summed E-state index contributed by atoms with van der Waals surface area (Å²) in [5.41, 5.74) is 4.18. The molecule has 166 valence electrons. The summed E-state index contributed by atoms with van der Waals surface area (Å²) in [6, 6.07) is 6.35. The Bertz CT molecular complexity index is 1080. The largest absolute Gasteiger partial charge is 0.543 e. The highest BCUT2D eigenvalue weighted by Crippen LogP contribution is 2.39. The molecule has 1 fully saturated rings. The number of hydrogen-bond donors (Lipinski definition) is 2. The zero-order valence-corrected chi connectivity index (χ0v) is 20.2. The normalized spacial score (nSPS) is 19.7. The molecule has 4 heterocycles. The van der Waals surface area contributed by atoms with E-state index in [2.05, 4.69) is 62.4 Å². The van der Waals surface area contributed by atoms with Gasteiger partial charge in [0.25, 0.3) is 0 Å². The van der Waals surface area contributed by atoms with Crippen LogP contribution in [0.5, 0.6) is 5.75 Å². The fourth-order valence-corrected chi connectivity index (χ4v) is 5.12. The topological polar surface area (TPSA) is 77.0 Å². The van der Waals surface area contributed by atoms with Crippen LogP contribution in [0.1, 0.15) is 57.6 Å². The number of imidazole rings is 1. The highest BCUT2D eigenvalue weighted by molar-refractivity contribution is 6.74. The third-order valence-electron chi connectivity index (χ3n) is 6.97. The minimum atomic E-state index is -1.94. The van der Waals surface area contributed by atoms with Crippen LogP contribution in [-0.4, -0.2) is 34.7 Å². The van der Waals surface area contributed by atoms with E-state index in [0.29, 0.717) is 0 Å². The zero-order chi connectivity index (χ0) is 21.8. The third kappa shape index (κ3) is 3.70. The molecule has 1 aromatic carbocycles. The van der Waals surface area contributed by atoms with Gasteiger partial charge < -0.3 is 19.5 Å². The lowest BCUT2D eigenvalue weighted by atomic mass is 10.1. The molecule has 2 aliphatic heterocycles. The van der Waals surface area contributed by atoms with Gasteiger partial charge in [0, 0.05) is 25.1 Å². The number of nitrogens with zero attached hydrogens (tertiary/aromatic N) is 3. The van der Waals surface area contributed by atoms with Gasteiger partial charge in [-0.05, 0) is 55.6 Å². The number of aromatic nitrogens is 4. The van der Waals surface area contributed by atoms with Crippen molar-refractivity contribution < 1.29 is 9.16 Å². The smallest absolute Gasteiger partial charge is 0.250 e. The molecule has 5 rings (SSSR count). The van der Waals surface area contributed by atoms with Crippen LogP contribution in [-0.2, 0) is 17.8 Å². The molecule has 2 aliphatic rings. The number of rotatable bonds is 4. The van der Waals surface area contributed by atoms with Gasteiger partial charge in [-0.25, -0.2) is 9.67 Å². The number of nitrogens with one attached hydrogen (secondary N) is 2. The third-order valence-corrected chi connectivity index (χ3v) is 11.3. The summed E-state index contributed by atoms with van der Waals surface area (Å²) >= 11 is 0. The Balaban J connectivity index is 1.61. The van der Waals surface area contributed by atoms with Gasteiger partial charge in [-0.2, -0.15) is 5.10 Å². The number of benzene rings is 1. The van der Waals surface area contributed by atoms with Crippen molar-refractivity contribution in [3.05, 3.63) is 29.6 Å². The van der Waals surface area contributed by atoms with Crippen molar-refractivity contribution in [1.29, 1.82) is 0 Å². The molecule has 0 bridgehead atoms. The van der Waals surface area contributed by atoms with Crippen molar-refractivity contribution in [2.24, 2.45) is 0 Å². The van der Waals surface area contributed by atoms with Crippen molar-refractivity contribution in [2.75, 3.05) is 6.61 Å². The average molecular weight is 440 g/mol. The van der Waals surface area contributed by atoms with Crippen LogP contribution in [0.25, 0.3) is 22.4 Å². The van der Waals surface area contributed by atoms with E-state index in [9.17, 15) is 0 Å². The fraction of sp³-hybridized carbons (Fsp3) is 0.565. The van der Waals surface area contributed by atoms with Gasteiger partial charge in [0.05, 0.1) is 16.9 Å². The predicted molar refractivity (Wildman–Crippen MR) is 125 cm³/mol. The summed E-state index contributed by atoms with van der Waals surface area (Å²) in [6.07, 6.45) is 3.23. The van der Waals surface area contributed by atoms with Gasteiger partial charge in [-0.15, -0.1) is 0 Å². The summed E-state index contributed by atoms with van der Waals surface area (Å²) in [5.74, 6) is 1.74. The van der Waals surface area contributed by atoms with E-state index in [1.807, 2.05) is 4.68 Å². The van der Waals surface area contributed by atoms with E-state index in [1.54, 1.807) is 0 Å². The number of hydrogen-bond acceptors (Lipinski definition) is 5. The molecule has 1 unspecified atom stereocenters. The lowest BCUT2D eigenvalue weighted by Gasteiger charge is -2.36. The maximum absolute atomic E-state index is 6.61. The molecule has 0 amide bonds. The molecule has 1 atom stereocenters. The Morgan fingerprint density at radius 3 is 2.74 bits per heavy atom. The molecule has 7 nitrogen and oxygen atoms in total. The molecule has 0 aliphatic carbocycles. The molecule has 0 saturated carbocycles. The molecular formula is C23H33N5O2Si. The Labute approximate surface area is 184 Å². The maximum Gasteiger partial charge on any atom is 0.250 e. The second-order valence-corrected chi connectivity index (χ2v) is 15.0. The van der Waals surface area contributed by atoms with E-state index in [0.717, 1.165) is 78.5 Å². The molecule has 0 spiro atoms. The van der Waals surface area contributed by atoms with Gasteiger partial charge in [0.2, 0.25) is 8.32 Å². The van der Waals surface area contributed by atoms with Crippen molar-refractivity contribution >= 4 is 19.2 Å². The molecule has 1 saturated heterocycles. The second kappa shape index (κ2) is 7.46. The monoisotopic (exact) mass is 439 g/mol. The highest BCUT2D eigenvalue weighted by atomic mass is 28.4. The molecular weight excluding hydrogens is 406 g/mol. The molecule has 0 radical (unpaired) electrons. The van der Waals surface area contributed by atoms with Crippen LogP contribution in [0.3, 0.4) is 0 Å².